The Morgan fingerprint density at radius 3 is 2.41 bits per heavy atom. The molecule has 0 spiro atoms. The smallest absolute Gasteiger partial charge is 0.240 e. The van der Waals surface area contributed by atoms with Crippen LogP contribution in [0.2, 0.25) is 0 Å². The van der Waals surface area contributed by atoms with Gasteiger partial charge < -0.3 is 9.80 Å². The molecule has 0 saturated carbocycles. The van der Waals surface area contributed by atoms with E-state index in [4.69, 9.17) is 0 Å². The second-order valence-corrected chi connectivity index (χ2v) is 8.99. The minimum absolute atomic E-state index is 0.0205. The van der Waals surface area contributed by atoms with Gasteiger partial charge in [0.25, 0.3) is 0 Å². The normalized spacial score (nSPS) is 13.8. The van der Waals surface area contributed by atoms with Crippen LogP contribution in [0.1, 0.15) is 38.3 Å². The standard InChI is InChI=1S/C22H29N3O3S/c1-4-24(5-2)20-10-8-18(9-11-20)16-23-29(27,28)21-12-13-22-19(15-21)7-6-14-25(22)17(3)26/h8-13,15,23H,4-7,14,16H2,1-3H3. The second-order valence-electron chi connectivity index (χ2n) is 7.23. The number of anilines is 2. The molecule has 0 saturated heterocycles. The summed E-state index contributed by atoms with van der Waals surface area (Å²) in [4.78, 5) is 16.0. The topological polar surface area (TPSA) is 69.7 Å². The lowest BCUT2D eigenvalue weighted by molar-refractivity contribution is -0.116. The summed E-state index contributed by atoms with van der Waals surface area (Å²) in [5, 5.41) is 0. The number of hydrogen-bond acceptors (Lipinski definition) is 4. The Kier molecular flexibility index (Phi) is 6.59. The van der Waals surface area contributed by atoms with Crippen LogP contribution in [0.5, 0.6) is 0 Å². The summed E-state index contributed by atoms with van der Waals surface area (Å²) < 4.78 is 28.2. The highest BCUT2D eigenvalue weighted by Gasteiger charge is 2.23. The molecule has 1 aliphatic rings. The fraction of sp³-hybridized carbons (Fsp3) is 0.409. The third-order valence-corrected chi connectivity index (χ3v) is 6.79. The molecule has 3 rings (SSSR count). The van der Waals surface area contributed by atoms with E-state index in [0.717, 1.165) is 48.4 Å². The van der Waals surface area contributed by atoms with E-state index in [-0.39, 0.29) is 17.3 Å². The summed E-state index contributed by atoms with van der Waals surface area (Å²) in [6.45, 7) is 8.53. The zero-order valence-corrected chi connectivity index (χ0v) is 18.1. The summed E-state index contributed by atoms with van der Waals surface area (Å²) >= 11 is 0. The van der Waals surface area contributed by atoms with Crippen molar-refractivity contribution in [3.05, 3.63) is 53.6 Å². The maximum absolute atomic E-state index is 12.8. The van der Waals surface area contributed by atoms with E-state index in [1.54, 1.807) is 23.1 Å². The Hall–Kier alpha value is -2.38. The third-order valence-electron chi connectivity index (χ3n) is 5.39. The molecule has 1 aliphatic heterocycles. The van der Waals surface area contributed by atoms with Crippen molar-refractivity contribution in [3.63, 3.8) is 0 Å². The molecule has 0 aromatic heterocycles. The lowest BCUT2D eigenvalue weighted by Crippen LogP contribution is -2.33. The fourth-order valence-electron chi connectivity index (χ4n) is 3.74. The minimum Gasteiger partial charge on any atom is -0.372 e. The van der Waals surface area contributed by atoms with Crippen molar-refractivity contribution in [3.8, 4) is 0 Å². The molecule has 1 N–H and O–H groups in total. The van der Waals surface area contributed by atoms with Crippen LogP contribution >= 0.6 is 0 Å². The Morgan fingerprint density at radius 2 is 1.79 bits per heavy atom. The first-order valence-electron chi connectivity index (χ1n) is 10.1. The van der Waals surface area contributed by atoms with Crippen molar-refractivity contribution in [2.45, 2.75) is 45.1 Å². The predicted molar refractivity (Wildman–Crippen MR) is 117 cm³/mol. The van der Waals surface area contributed by atoms with Gasteiger partial charge in [-0.3, -0.25) is 4.79 Å². The van der Waals surface area contributed by atoms with Crippen molar-refractivity contribution in [2.24, 2.45) is 0 Å². The van der Waals surface area contributed by atoms with Gasteiger partial charge >= 0.3 is 0 Å². The number of amides is 1. The van der Waals surface area contributed by atoms with Crippen LogP contribution in [0.3, 0.4) is 0 Å². The van der Waals surface area contributed by atoms with Gasteiger partial charge in [-0.05, 0) is 68.1 Å². The number of rotatable bonds is 7. The Morgan fingerprint density at radius 1 is 1.10 bits per heavy atom. The molecule has 156 valence electrons. The SMILES string of the molecule is CCN(CC)c1ccc(CNS(=O)(=O)c2ccc3c(c2)CCCN3C(C)=O)cc1. The van der Waals surface area contributed by atoms with Gasteiger partial charge in [-0.2, -0.15) is 0 Å². The molecule has 2 aromatic rings. The molecule has 0 bridgehead atoms. The van der Waals surface area contributed by atoms with E-state index >= 15 is 0 Å². The van der Waals surface area contributed by atoms with Crippen LogP contribution in [0, 0.1) is 0 Å². The molecule has 0 aliphatic carbocycles. The zero-order chi connectivity index (χ0) is 21.0. The monoisotopic (exact) mass is 415 g/mol. The van der Waals surface area contributed by atoms with Gasteiger partial charge in [-0.25, -0.2) is 13.1 Å². The van der Waals surface area contributed by atoms with Gasteiger partial charge in [0.05, 0.1) is 4.90 Å². The van der Waals surface area contributed by atoms with Crippen LogP contribution in [-0.4, -0.2) is 34.0 Å². The van der Waals surface area contributed by atoms with E-state index < -0.39 is 10.0 Å². The molecule has 0 unspecified atom stereocenters. The Bertz CT molecular complexity index is 967. The van der Waals surface area contributed by atoms with Gasteiger partial charge in [-0.1, -0.05) is 12.1 Å². The average Bonchev–Trinajstić information content (AvgIpc) is 2.73. The van der Waals surface area contributed by atoms with Crippen molar-refractivity contribution in [1.29, 1.82) is 0 Å². The summed E-state index contributed by atoms with van der Waals surface area (Å²) in [6, 6.07) is 12.9. The highest BCUT2D eigenvalue weighted by Crippen LogP contribution is 2.29. The van der Waals surface area contributed by atoms with Crippen LogP contribution in [0.4, 0.5) is 11.4 Å². The number of fused-ring (bicyclic) bond motifs is 1. The van der Waals surface area contributed by atoms with E-state index in [9.17, 15) is 13.2 Å². The lowest BCUT2D eigenvalue weighted by atomic mass is 10.0. The largest absolute Gasteiger partial charge is 0.372 e. The van der Waals surface area contributed by atoms with Gasteiger partial charge in [0.1, 0.15) is 0 Å². The molecule has 0 fully saturated rings. The van der Waals surface area contributed by atoms with Crippen LogP contribution in [0.15, 0.2) is 47.4 Å². The van der Waals surface area contributed by atoms with Crippen molar-refractivity contribution < 1.29 is 13.2 Å². The summed E-state index contributed by atoms with van der Waals surface area (Å²) in [5.41, 5.74) is 3.75. The molecule has 1 amide bonds. The molecule has 1 heterocycles. The van der Waals surface area contributed by atoms with E-state index in [0.29, 0.717) is 6.54 Å². The zero-order valence-electron chi connectivity index (χ0n) is 17.3. The van der Waals surface area contributed by atoms with Crippen molar-refractivity contribution in [1.82, 2.24) is 4.72 Å². The van der Waals surface area contributed by atoms with Gasteiger partial charge in [-0.15, -0.1) is 0 Å². The fourth-order valence-corrected chi connectivity index (χ4v) is 4.81. The quantitative estimate of drug-likeness (QED) is 0.753. The van der Waals surface area contributed by atoms with Gasteiger partial charge in [0.15, 0.2) is 0 Å². The number of aryl methyl sites for hydroxylation is 1. The molecule has 29 heavy (non-hydrogen) atoms. The van der Waals surface area contributed by atoms with E-state index in [2.05, 4.69) is 23.5 Å². The Labute approximate surface area is 173 Å². The number of benzene rings is 2. The van der Waals surface area contributed by atoms with Crippen molar-refractivity contribution >= 4 is 27.3 Å². The van der Waals surface area contributed by atoms with Gasteiger partial charge in [0, 0.05) is 44.5 Å². The third kappa shape index (κ3) is 4.79. The number of sulfonamides is 1. The van der Waals surface area contributed by atoms with E-state index in [1.165, 1.54) is 6.92 Å². The summed E-state index contributed by atoms with van der Waals surface area (Å²) in [7, 11) is -3.63. The lowest BCUT2D eigenvalue weighted by Gasteiger charge is -2.28. The first-order chi connectivity index (χ1) is 13.9. The first kappa shape index (κ1) is 21.3. The first-order valence-corrected chi connectivity index (χ1v) is 11.6. The number of carbonyl (C=O) groups is 1. The molecular weight excluding hydrogens is 386 g/mol. The number of nitrogens with one attached hydrogen (secondary N) is 1. The molecular formula is C22H29N3O3S. The van der Waals surface area contributed by atoms with Crippen LogP contribution < -0.4 is 14.5 Å². The average molecular weight is 416 g/mol. The molecule has 0 radical (unpaired) electrons. The highest BCUT2D eigenvalue weighted by atomic mass is 32.2. The predicted octanol–water partition coefficient (Wildman–Crippen LogP) is 3.31. The summed E-state index contributed by atoms with van der Waals surface area (Å²) in [5.74, 6) is -0.0205. The van der Waals surface area contributed by atoms with E-state index in [1.807, 2.05) is 24.3 Å². The Balaban J connectivity index is 1.72. The number of carbonyl (C=O) groups excluding carboxylic acids is 1. The minimum atomic E-state index is -3.63. The highest BCUT2D eigenvalue weighted by molar-refractivity contribution is 7.89. The summed E-state index contributed by atoms with van der Waals surface area (Å²) in [6.07, 6.45) is 1.61. The van der Waals surface area contributed by atoms with Crippen LogP contribution in [-0.2, 0) is 27.8 Å². The molecule has 7 heteroatoms. The number of nitrogens with zero attached hydrogens (tertiary/aromatic N) is 2. The maximum atomic E-state index is 12.8. The number of hydrogen-bond donors (Lipinski definition) is 1. The molecule has 2 aromatic carbocycles. The van der Waals surface area contributed by atoms with Gasteiger partial charge in [0.2, 0.25) is 15.9 Å². The van der Waals surface area contributed by atoms with Crippen LogP contribution in [0.25, 0.3) is 0 Å². The molecule has 6 nitrogen and oxygen atoms in total. The maximum Gasteiger partial charge on any atom is 0.240 e. The second kappa shape index (κ2) is 8.97. The molecule has 0 atom stereocenters. The van der Waals surface area contributed by atoms with Crippen molar-refractivity contribution in [2.75, 3.05) is 29.4 Å².